The second-order valence-corrected chi connectivity index (χ2v) is 2.76. The highest BCUT2D eigenvalue weighted by Gasteiger charge is 2.02. The van der Waals surface area contributed by atoms with Crippen molar-refractivity contribution in [3.05, 3.63) is 22.4 Å². The molecule has 0 fully saturated rings. The summed E-state index contributed by atoms with van der Waals surface area (Å²) in [4.78, 5) is 0. The highest BCUT2D eigenvalue weighted by molar-refractivity contribution is 7.07. The van der Waals surface area contributed by atoms with Gasteiger partial charge in [-0.15, -0.1) is 0 Å². The minimum atomic E-state index is -0.253. The lowest BCUT2D eigenvalue weighted by Crippen LogP contribution is -1.90. The van der Waals surface area contributed by atoms with Gasteiger partial charge in [-0.3, -0.25) is 0 Å². The Morgan fingerprint density at radius 1 is 1.55 bits per heavy atom. The number of aliphatic hydroxyl groups excluding tert-OH is 1. The van der Waals surface area contributed by atoms with Crippen LogP contribution in [0.25, 0.3) is 0 Å². The van der Waals surface area contributed by atoms with E-state index in [-0.39, 0.29) is 6.10 Å². The van der Waals surface area contributed by atoms with Gasteiger partial charge < -0.3 is 5.11 Å². The lowest BCUT2D eigenvalue weighted by atomic mass is 10.1. The molecule has 0 amide bonds. The molecule has 11 heavy (non-hydrogen) atoms. The van der Waals surface area contributed by atoms with Crippen LogP contribution in [0.5, 0.6) is 0 Å². The van der Waals surface area contributed by atoms with Crippen LogP contribution in [0.1, 0.15) is 38.9 Å². The normalized spacial score (nSPS) is 11.6. The molecule has 0 bridgehead atoms. The molecule has 0 aliphatic carbocycles. The number of aliphatic hydroxyl groups is 1. The monoisotopic (exact) mass is 172 g/mol. The van der Waals surface area contributed by atoms with Gasteiger partial charge in [0.05, 0.1) is 6.10 Å². The average molecular weight is 172 g/mol. The van der Waals surface area contributed by atoms with Gasteiger partial charge in [0, 0.05) is 0 Å². The Balaban J connectivity index is 0.000000461. The quantitative estimate of drug-likeness (QED) is 0.726. The van der Waals surface area contributed by atoms with E-state index >= 15 is 0 Å². The molecular formula is C9H16OS. The fourth-order valence-electron chi connectivity index (χ4n) is 0.700. The van der Waals surface area contributed by atoms with Gasteiger partial charge in [0.25, 0.3) is 0 Å². The molecule has 1 N–H and O–H groups in total. The largest absolute Gasteiger partial charge is 0.388 e. The zero-order chi connectivity index (χ0) is 8.69. The first-order chi connectivity index (χ1) is 5.34. The van der Waals surface area contributed by atoms with Gasteiger partial charge >= 0.3 is 0 Å². The van der Waals surface area contributed by atoms with E-state index in [1.807, 2.05) is 37.6 Å². The third-order valence-corrected chi connectivity index (χ3v) is 2.02. The molecule has 0 aromatic carbocycles. The third-order valence-electron chi connectivity index (χ3n) is 1.31. The van der Waals surface area contributed by atoms with E-state index < -0.39 is 0 Å². The molecule has 1 nitrogen and oxygen atoms in total. The van der Waals surface area contributed by atoms with Crippen molar-refractivity contribution < 1.29 is 5.11 Å². The minimum Gasteiger partial charge on any atom is -0.388 e. The second kappa shape index (κ2) is 6.38. The summed E-state index contributed by atoms with van der Waals surface area (Å²) >= 11 is 1.62. The summed E-state index contributed by atoms with van der Waals surface area (Å²) in [6.07, 6.45) is 0.549. The topological polar surface area (TPSA) is 20.2 Å². The van der Waals surface area contributed by atoms with Gasteiger partial charge in [-0.25, -0.2) is 0 Å². The number of hydrogen-bond donors (Lipinski definition) is 1. The lowest BCUT2D eigenvalue weighted by molar-refractivity contribution is 0.174. The summed E-state index contributed by atoms with van der Waals surface area (Å²) in [7, 11) is 0. The first kappa shape index (κ1) is 10.7. The first-order valence-corrected chi connectivity index (χ1v) is 4.99. The van der Waals surface area contributed by atoms with Gasteiger partial charge in [-0.2, -0.15) is 11.3 Å². The Bertz CT molecular complexity index is 158. The van der Waals surface area contributed by atoms with Gasteiger partial charge in [-0.1, -0.05) is 20.8 Å². The van der Waals surface area contributed by atoms with Crippen molar-refractivity contribution in [2.75, 3.05) is 0 Å². The summed E-state index contributed by atoms with van der Waals surface area (Å²) in [5, 5.41) is 13.2. The van der Waals surface area contributed by atoms with Crippen LogP contribution < -0.4 is 0 Å². The first-order valence-electron chi connectivity index (χ1n) is 4.04. The van der Waals surface area contributed by atoms with Gasteiger partial charge in [0.1, 0.15) is 0 Å². The van der Waals surface area contributed by atoms with Crippen LogP contribution in [0.4, 0.5) is 0 Å². The molecule has 1 rings (SSSR count). The molecule has 1 aromatic rings. The van der Waals surface area contributed by atoms with Gasteiger partial charge in [0.15, 0.2) is 0 Å². The summed E-state index contributed by atoms with van der Waals surface area (Å²) in [6.45, 7) is 5.97. The van der Waals surface area contributed by atoms with E-state index in [9.17, 15) is 5.11 Å². The molecule has 2 heteroatoms. The highest BCUT2D eigenvalue weighted by atomic mass is 32.1. The van der Waals surface area contributed by atoms with Gasteiger partial charge in [0.2, 0.25) is 0 Å². The standard InChI is InChI=1S/C7H10OS.C2H6/c1-2-7(8)6-3-4-9-5-6;1-2/h3-5,7-8H,2H2,1H3;1-2H3. The number of thiophene rings is 1. The predicted molar refractivity (Wildman–Crippen MR) is 50.9 cm³/mol. The fraction of sp³-hybridized carbons (Fsp3) is 0.556. The molecule has 1 atom stereocenters. The van der Waals surface area contributed by atoms with Crippen molar-refractivity contribution in [3.8, 4) is 0 Å². The Labute approximate surface area is 72.7 Å². The van der Waals surface area contributed by atoms with Crippen LogP contribution in [-0.2, 0) is 0 Å². The second-order valence-electron chi connectivity index (χ2n) is 1.98. The van der Waals surface area contributed by atoms with Crippen molar-refractivity contribution in [2.24, 2.45) is 0 Å². The Morgan fingerprint density at radius 3 is 2.55 bits per heavy atom. The Kier molecular flexibility index (Phi) is 6.18. The van der Waals surface area contributed by atoms with Crippen LogP contribution in [0.2, 0.25) is 0 Å². The van der Waals surface area contributed by atoms with Crippen molar-refractivity contribution in [1.82, 2.24) is 0 Å². The molecule has 0 saturated heterocycles. The molecule has 0 radical (unpaired) electrons. The van der Waals surface area contributed by atoms with Crippen molar-refractivity contribution in [3.63, 3.8) is 0 Å². The summed E-state index contributed by atoms with van der Waals surface area (Å²) in [5.74, 6) is 0. The molecule has 0 aliphatic heterocycles. The van der Waals surface area contributed by atoms with E-state index in [0.717, 1.165) is 12.0 Å². The van der Waals surface area contributed by atoms with Crippen LogP contribution in [0.3, 0.4) is 0 Å². The molecule has 64 valence electrons. The molecule has 0 aliphatic rings. The number of hydrogen-bond acceptors (Lipinski definition) is 2. The zero-order valence-corrected chi connectivity index (χ0v) is 8.19. The fourth-order valence-corrected chi connectivity index (χ4v) is 1.41. The minimum absolute atomic E-state index is 0.253. The van der Waals surface area contributed by atoms with E-state index in [0.29, 0.717) is 0 Å². The van der Waals surface area contributed by atoms with Crippen LogP contribution in [0, 0.1) is 0 Å². The summed E-state index contributed by atoms with van der Waals surface area (Å²) in [6, 6.07) is 1.96. The number of rotatable bonds is 2. The van der Waals surface area contributed by atoms with E-state index in [4.69, 9.17) is 0 Å². The van der Waals surface area contributed by atoms with E-state index in [1.54, 1.807) is 11.3 Å². The Morgan fingerprint density at radius 2 is 2.18 bits per heavy atom. The lowest BCUT2D eigenvalue weighted by Gasteiger charge is -2.01. The van der Waals surface area contributed by atoms with Crippen molar-refractivity contribution in [1.29, 1.82) is 0 Å². The summed E-state index contributed by atoms with van der Waals surface area (Å²) in [5.41, 5.74) is 1.04. The van der Waals surface area contributed by atoms with Crippen molar-refractivity contribution >= 4 is 11.3 Å². The SMILES string of the molecule is CC.CCC(O)c1ccsc1. The highest BCUT2D eigenvalue weighted by Crippen LogP contribution is 2.17. The molecular weight excluding hydrogens is 156 g/mol. The maximum atomic E-state index is 9.22. The average Bonchev–Trinajstić information content (AvgIpc) is 2.59. The van der Waals surface area contributed by atoms with E-state index in [2.05, 4.69) is 0 Å². The maximum Gasteiger partial charge on any atom is 0.0795 e. The summed E-state index contributed by atoms with van der Waals surface area (Å²) < 4.78 is 0. The molecule has 1 heterocycles. The Hall–Kier alpha value is -0.340. The molecule has 0 saturated carbocycles. The molecule has 1 unspecified atom stereocenters. The van der Waals surface area contributed by atoms with Gasteiger partial charge in [-0.05, 0) is 28.8 Å². The third kappa shape index (κ3) is 3.54. The van der Waals surface area contributed by atoms with E-state index in [1.165, 1.54) is 0 Å². The van der Waals surface area contributed by atoms with Crippen LogP contribution in [0.15, 0.2) is 16.8 Å². The smallest absolute Gasteiger partial charge is 0.0795 e. The van der Waals surface area contributed by atoms with Crippen LogP contribution >= 0.6 is 11.3 Å². The zero-order valence-electron chi connectivity index (χ0n) is 7.37. The maximum absolute atomic E-state index is 9.22. The van der Waals surface area contributed by atoms with Crippen LogP contribution in [-0.4, -0.2) is 5.11 Å². The molecule has 0 spiro atoms. The predicted octanol–water partition coefficient (Wildman–Crippen LogP) is 3.22. The van der Waals surface area contributed by atoms with Crippen molar-refractivity contribution in [2.45, 2.75) is 33.3 Å². The molecule has 1 aromatic heterocycles.